The van der Waals surface area contributed by atoms with Crippen molar-refractivity contribution in [2.75, 3.05) is 44.4 Å². The molecule has 3 unspecified atom stereocenters. The van der Waals surface area contributed by atoms with E-state index in [4.69, 9.17) is 10.5 Å². The molecule has 3 heterocycles. The van der Waals surface area contributed by atoms with Gasteiger partial charge in [0.05, 0.1) is 18.0 Å². The number of benzene rings is 1. The number of likely N-dealkylation sites (tertiary alicyclic amines) is 1. The molecule has 5 rings (SSSR count). The Labute approximate surface area is 187 Å². The molecule has 3 fully saturated rings. The predicted molar refractivity (Wildman–Crippen MR) is 122 cm³/mol. The summed E-state index contributed by atoms with van der Waals surface area (Å²) in [6.45, 7) is 3.23. The van der Waals surface area contributed by atoms with Crippen LogP contribution in [-0.2, 0) is 4.74 Å². The molecule has 170 valence electrons. The number of nitrogens with zero attached hydrogens (tertiary/aromatic N) is 3. The summed E-state index contributed by atoms with van der Waals surface area (Å²) >= 11 is 0. The molecule has 2 aromatic rings. The zero-order valence-electron chi connectivity index (χ0n) is 18.3. The highest BCUT2D eigenvalue weighted by Gasteiger charge is 2.44. The van der Waals surface area contributed by atoms with Crippen molar-refractivity contribution in [2.24, 2.45) is 11.8 Å². The molecule has 0 radical (unpaired) electrons. The van der Waals surface area contributed by atoms with Crippen molar-refractivity contribution in [3.63, 3.8) is 0 Å². The molecular formula is C24H30FN5O2. The Morgan fingerprint density at radius 1 is 1.16 bits per heavy atom. The van der Waals surface area contributed by atoms with E-state index in [-0.39, 0.29) is 11.8 Å². The first-order chi connectivity index (χ1) is 15.5. The number of halogens is 1. The molecular weight excluding hydrogens is 409 g/mol. The number of rotatable bonds is 4. The first-order valence-corrected chi connectivity index (χ1v) is 11.4. The standard InChI is InChI=1S/C24H30FN5O2/c1-29(19-8-9-32-14-19)20-10-16-12-30(13-17(16)11-20)24(31)28-23-21(26)6-7-22(27-23)15-2-4-18(25)5-3-15/h2-7,16-17,19-20H,8-14,26H2,1H3,(H,27,28,31). The first kappa shape index (κ1) is 21.2. The Kier molecular flexibility index (Phi) is 5.73. The maximum atomic E-state index is 13.2. The van der Waals surface area contributed by atoms with Gasteiger partial charge < -0.3 is 15.4 Å². The summed E-state index contributed by atoms with van der Waals surface area (Å²) in [5, 5.41) is 2.89. The minimum Gasteiger partial charge on any atom is -0.396 e. The van der Waals surface area contributed by atoms with E-state index in [2.05, 4.69) is 22.2 Å². The summed E-state index contributed by atoms with van der Waals surface area (Å²) in [6.07, 6.45) is 3.37. The summed E-state index contributed by atoms with van der Waals surface area (Å²) in [6, 6.07) is 10.5. The van der Waals surface area contributed by atoms with Crippen molar-refractivity contribution in [3.05, 3.63) is 42.2 Å². The lowest BCUT2D eigenvalue weighted by Gasteiger charge is -2.30. The van der Waals surface area contributed by atoms with Gasteiger partial charge in [0.1, 0.15) is 5.82 Å². The Balaban J connectivity index is 1.21. The molecule has 1 saturated carbocycles. The molecule has 3 atom stereocenters. The van der Waals surface area contributed by atoms with Crippen molar-refractivity contribution < 1.29 is 13.9 Å². The molecule has 0 spiro atoms. The molecule has 8 heteroatoms. The molecule has 0 bridgehead atoms. The summed E-state index contributed by atoms with van der Waals surface area (Å²) < 4.78 is 18.8. The fourth-order valence-corrected chi connectivity index (χ4v) is 5.44. The molecule has 2 aliphatic heterocycles. The number of carbonyl (C=O) groups excluding carboxylic acids is 1. The van der Waals surface area contributed by atoms with Gasteiger partial charge in [-0.15, -0.1) is 0 Å². The van der Waals surface area contributed by atoms with Crippen molar-refractivity contribution >= 4 is 17.5 Å². The number of urea groups is 1. The molecule has 2 saturated heterocycles. The third-order valence-electron chi connectivity index (χ3n) is 7.36. The largest absolute Gasteiger partial charge is 0.396 e. The Morgan fingerprint density at radius 2 is 1.88 bits per heavy atom. The Morgan fingerprint density at radius 3 is 2.53 bits per heavy atom. The van der Waals surface area contributed by atoms with Crippen molar-refractivity contribution in [1.29, 1.82) is 0 Å². The summed E-state index contributed by atoms with van der Waals surface area (Å²) in [5.74, 6) is 1.10. The van der Waals surface area contributed by atoms with Gasteiger partial charge >= 0.3 is 6.03 Å². The molecule has 2 amide bonds. The number of anilines is 2. The number of ether oxygens (including phenoxy) is 1. The van der Waals surface area contributed by atoms with Gasteiger partial charge in [0.25, 0.3) is 0 Å². The molecule has 3 aliphatic rings. The number of aromatic nitrogens is 1. The van der Waals surface area contributed by atoms with Crippen LogP contribution in [-0.4, -0.2) is 66.2 Å². The smallest absolute Gasteiger partial charge is 0.323 e. The average Bonchev–Trinajstić information content (AvgIpc) is 3.52. The van der Waals surface area contributed by atoms with E-state index >= 15 is 0 Å². The third-order valence-corrected chi connectivity index (χ3v) is 7.36. The number of nitrogen functional groups attached to an aromatic ring is 1. The van der Waals surface area contributed by atoms with Crippen LogP contribution >= 0.6 is 0 Å². The van der Waals surface area contributed by atoms with Crippen LogP contribution < -0.4 is 11.1 Å². The van der Waals surface area contributed by atoms with E-state index in [9.17, 15) is 9.18 Å². The molecule has 32 heavy (non-hydrogen) atoms. The lowest BCUT2D eigenvalue weighted by atomic mass is 10.0. The number of hydrogen-bond acceptors (Lipinski definition) is 5. The lowest BCUT2D eigenvalue weighted by molar-refractivity contribution is 0.128. The number of likely N-dealkylation sites (N-methyl/N-ethyl adjacent to an activating group) is 1. The van der Waals surface area contributed by atoms with Crippen LogP contribution in [0.1, 0.15) is 19.3 Å². The molecule has 1 aliphatic carbocycles. The topological polar surface area (TPSA) is 83.7 Å². The fraction of sp³-hybridized carbons (Fsp3) is 0.500. The quantitative estimate of drug-likeness (QED) is 0.763. The van der Waals surface area contributed by atoms with E-state index in [0.29, 0.717) is 41.1 Å². The van der Waals surface area contributed by atoms with E-state index in [1.54, 1.807) is 24.3 Å². The van der Waals surface area contributed by atoms with Gasteiger partial charge in [0.15, 0.2) is 5.82 Å². The maximum absolute atomic E-state index is 13.2. The minimum atomic E-state index is -0.303. The van der Waals surface area contributed by atoms with Gasteiger partial charge in [-0.2, -0.15) is 0 Å². The minimum absolute atomic E-state index is 0.163. The summed E-state index contributed by atoms with van der Waals surface area (Å²) in [4.78, 5) is 21.9. The number of pyridine rings is 1. The SMILES string of the molecule is CN(C1CCOC1)C1CC2CN(C(=O)Nc3nc(-c4ccc(F)cc4)ccc3N)CC2C1. The second kappa shape index (κ2) is 8.67. The summed E-state index contributed by atoms with van der Waals surface area (Å²) in [5.41, 5.74) is 7.87. The first-order valence-electron chi connectivity index (χ1n) is 11.4. The van der Waals surface area contributed by atoms with Gasteiger partial charge in [-0.05, 0) is 74.5 Å². The Hall–Kier alpha value is -2.71. The number of hydrogen-bond donors (Lipinski definition) is 2. The summed E-state index contributed by atoms with van der Waals surface area (Å²) in [7, 11) is 2.22. The molecule has 7 nitrogen and oxygen atoms in total. The van der Waals surface area contributed by atoms with Crippen LogP contribution in [0.5, 0.6) is 0 Å². The van der Waals surface area contributed by atoms with E-state index < -0.39 is 0 Å². The third kappa shape index (κ3) is 4.17. The van der Waals surface area contributed by atoms with E-state index in [1.165, 1.54) is 12.1 Å². The number of nitrogens with one attached hydrogen (secondary N) is 1. The van der Waals surface area contributed by atoms with Gasteiger partial charge in [-0.3, -0.25) is 10.2 Å². The van der Waals surface area contributed by atoms with Crippen molar-refractivity contribution in [2.45, 2.75) is 31.3 Å². The zero-order valence-corrected chi connectivity index (χ0v) is 18.3. The zero-order chi connectivity index (χ0) is 22.2. The van der Waals surface area contributed by atoms with Crippen molar-refractivity contribution in [1.82, 2.24) is 14.8 Å². The highest BCUT2D eigenvalue weighted by molar-refractivity contribution is 5.92. The van der Waals surface area contributed by atoms with Crippen LogP contribution in [0.3, 0.4) is 0 Å². The van der Waals surface area contributed by atoms with Crippen LogP contribution in [0.15, 0.2) is 36.4 Å². The predicted octanol–water partition coefficient (Wildman–Crippen LogP) is 3.43. The Bertz CT molecular complexity index is 965. The average molecular weight is 440 g/mol. The van der Waals surface area contributed by atoms with Crippen LogP contribution in [0.4, 0.5) is 20.7 Å². The fourth-order valence-electron chi connectivity index (χ4n) is 5.44. The van der Waals surface area contributed by atoms with E-state index in [0.717, 1.165) is 51.1 Å². The highest BCUT2D eigenvalue weighted by Crippen LogP contribution is 2.41. The molecule has 3 N–H and O–H groups in total. The number of fused-ring (bicyclic) bond motifs is 1. The van der Waals surface area contributed by atoms with Crippen molar-refractivity contribution in [3.8, 4) is 11.3 Å². The number of amides is 2. The van der Waals surface area contributed by atoms with Gasteiger partial charge in [-0.1, -0.05) is 0 Å². The molecule has 1 aromatic heterocycles. The van der Waals surface area contributed by atoms with E-state index in [1.807, 2.05) is 4.90 Å². The monoisotopic (exact) mass is 439 g/mol. The van der Waals surface area contributed by atoms with Gasteiger partial charge in [0.2, 0.25) is 0 Å². The van der Waals surface area contributed by atoms with Crippen LogP contribution in [0.25, 0.3) is 11.3 Å². The second-order valence-corrected chi connectivity index (χ2v) is 9.30. The molecule has 1 aromatic carbocycles. The second-order valence-electron chi connectivity index (χ2n) is 9.30. The lowest BCUT2D eigenvalue weighted by Crippen LogP contribution is -2.41. The maximum Gasteiger partial charge on any atom is 0.323 e. The number of carbonyl (C=O) groups is 1. The highest BCUT2D eigenvalue weighted by atomic mass is 19.1. The van der Waals surface area contributed by atoms with Gasteiger partial charge in [0, 0.05) is 37.3 Å². The normalized spacial score (nSPS) is 27.2. The van der Waals surface area contributed by atoms with Crippen LogP contribution in [0.2, 0.25) is 0 Å². The van der Waals surface area contributed by atoms with Gasteiger partial charge in [-0.25, -0.2) is 14.2 Å². The number of nitrogens with two attached hydrogens (primary N) is 1. The van der Waals surface area contributed by atoms with Crippen LogP contribution in [0, 0.1) is 17.7 Å².